The van der Waals surface area contributed by atoms with E-state index in [-0.39, 0.29) is 6.61 Å². The first-order valence-corrected chi connectivity index (χ1v) is 9.39. The molecule has 0 amide bonds. The van der Waals surface area contributed by atoms with Gasteiger partial charge in [-0.1, -0.05) is 23.2 Å². The Balaban J connectivity index is 1.53. The van der Waals surface area contributed by atoms with Crippen LogP contribution in [0.5, 0.6) is 0 Å². The van der Waals surface area contributed by atoms with Crippen LogP contribution in [0, 0.1) is 0 Å². The third kappa shape index (κ3) is 2.86. The van der Waals surface area contributed by atoms with Gasteiger partial charge in [0.15, 0.2) is 5.69 Å². The van der Waals surface area contributed by atoms with Crippen LogP contribution in [0.15, 0.2) is 48.2 Å². The van der Waals surface area contributed by atoms with Gasteiger partial charge in [0.25, 0.3) is 0 Å². The zero-order chi connectivity index (χ0) is 18.2. The van der Waals surface area contributed by atoms with Crippen molar-refractivity contribution in [3.63, 3.8) is 0 Å². The lowest BCUT2D eigenvalue weighted by Gasteiger charge is -1.97. The Morgan fingerprint density at radius 3 is 3.07 bits per heavy atom. The van der Waals surface area contributed by atoms with Gasteiger partial charge in [0.2, 0.25) is 0 Å². The molecule has 0 aliphatic heterocycles. The molecule has 0 saturated carbocycles. The molecule has 8 nitrogen and oxygen atoms in total. The second-order valence-electron chi connectivity index (χ2n) is 6.17. The SMILES string of the molecule is OCCn1cc(-c2cnc3n[nH][n+](Cc4csc5ccccc45)c3n2)cn1. The van der Waals surface area contributed by atoms with Crippen molar-refractivity contribution in [2.45, 2.75) is 13.1 Å². The number of H-pyrrole nitrogens is 1. The van der Waals surface area contributed by atoms with Crippen LogP contribution in [0.4, 0.5) is 0 Å². The van der Waals surface area contributed by atoms with E-state index in [0.29, 0.717) is 24.4 Å². The molecule has 0 fully saturated rings. The fourth-order valence-corrected chi connectivity index (χ4v) is 4.04. The van der Waals surface area contributed by atoms with Gasteiger partial charge in [-0.2, -0.15) is 9.78 Å². The van der Waals surface area contributed by atoms with E-state index in [1.54, 1.807) is 28.4 Å². The third-order valence-corrected chi connectivity index (χ3v) is 5.43. The van der Waals surface area contributed by atoms with Crippen molar-refractivity contribution >= 4 is 32.7 Å². The zero-order valence-electron chi connectivity index (χ0n) is 14.3. The van der Waals surface area contributed by atoms with Crippen LogP contribution in [-0.2, 0) is 13.1 Å². The number of hydrogen-bond acceptors (Lipinski definition) is 6. The quantitative estimate of drug-likeness (QED) is 0.454. The molecule has 4 heterocycles. The molecule has 2 N–H and O–H groups in total. The molecule has 5 rings (SSSR count). The molecule has 0 radical (unpaired) electrons. The first-order chi connectivity index (χ1) is 13.3. The summed E-state index contributed by atoms with van der Waals surface area (Å²) in [4.78, 5) is 9.15. The smallest absolute Gasteiger partial charge is 0.346 e. The monoisotopic (exact) mass is 378 g/mol. The number of nitrogens with one attached hydrogen (secondary N) is 1. The van der Waals surface area contributed by atoms with Crippen molar-refractivity contribution in [2.24, 2.45) is 0 Å². The van der Waals surface area contributed by atoms with Crippen LogP contribution in [0.1, 0.15) is 5.56 Å². The molecule has 0 atom stereocenters. The van der Waals surface area contributed by atoms with Gasteiger partial charge < -0.3 is 5.11 Å². The van der Waals surface area contributed by atoms with E-state index in [2.05, 4.69) is 50.0 Å². The lowest BCUT2D eigenvalue weighted by molar-refractivity contribution is -0.724. The van der Waals surface area contributed by atoms with Crippen molar-refractivity contribution in [3.05, 3.63) is 53.8 Å². The maximum absolute atomic E-state index is 9.04. The second-order valence-corrected chi connectivity index (χ2v) is 7.08. The Hall–Kier alpha value is -3.17. The molecular formula is C18H16N7OS+. The standard InChI is InChI=1S/C18H15N7OS/c26-6-5-24-9-12(7-20-24)15-8-19-17-18(21-15)25(23-22-17)10-13-11-27-16-4-2-1-3-14(13)16/h1-4,7-9,11,26H,5-6,10H2/p+1. The average molecular weight is 378 g/mol. The van der Waals surface area contributed by atoms with Gasteiger partial charge in [0, 0.05) is 21.6 Å². The minimum absolute atomic E-state index is 0.0438. The van der Waals surface area contributed by atoms with Gasteiger partial charge in [0.05, 0.1) is 31.1 Å². The van der Waals surface area contributed by atoms with Crippen LogP contribution in [0.3, 0.4) is 0 Å². The number of rotatable bonds is 5. The summed E-state index contributed by atoms with van der Waals surface area (Å²) >= 11 is 1.73. The Morgan fingerprint density at radius 1 is 1.22 bits per heavy atom. The number of nitrogens with zero attached hydrogens (tertiary/aromatic N) is 6. The number of fused-ring (bicyclic) bond motifs is 2. The molecule has 27 heavy (non-hydrogen) atoms. The maximum Gasteiger partial charge on any atom is 0.346 e. The highest BCUT2D eigenvalue weighted by Crippen LogP contribution is 2.25. The van der Waals surface area contributed by atoms with Crippen molar-refractivity contribution in [3.8, 4) is 11.3 Å². The Morgan fingerprint density at radius 2 is 2.15 bits per heavy atom. The van der Waals surface area contributed by atoms with Gasteiger partial charge in [-0.25, -0.2) is 4.98 Å². The van der Waals surface area contributed by atoms with Crippen LogP contribution in [0.2, 0.25) is 0 Å². The number of thiophene rings is 1. The summed E-state index contributed by atoms with van der Waals surface area (Å²) in [5, 5.41) is 24.0. The fourth-order valence-electron chi connectivity index (χ4n) is 3.08. The first kappa shape index (κ1) is 16.0. The summed E-state index contributed by atoms with van der Waals surface area (Å²) in [6, 6.07) is 8.36. The average Bonchev–Trinajstić information content (AvgIpc) is 3.42. The summed E-state index contributed by atoms with van der Waals surface area (Å²) < 4.78 is 4.85. The molecule has 0 unspecified atom stereocenters. The van der Waals surface area contributed by atoms with Gasteiger partial charge >= 0.3 is 11.3 Å². The van der Waals surface area contributed by atoms with Gasteiger partial charge in [-0.15, -0.1) is 16.6 Å². The molecule has 9 heteroatoms. The highest BCUT2D eigenvalue weighted by molar-refractivity contribution is 7.17. The predicted octanol–water partition coefficient (Wildman–Crippen LogP) is 1.76. The molecule has 0 aliphatic carbocycles. The van der Waals surface area contributed by atoms with Crippen molar-refractivity contribution in [1.29, 1.82) is 0 Å². The summed E-state index contributed by atoms with van der Waals surface area (Å²) in [6.45, 7) is 1.14. The molecule has 0 aliphatic rings. The highest BCUT2D eigenvalue weighted by atomic mass is 32.1. The second kappa shape index (κ2) is 6.53. The molecule has 134 valence electrons. The van der Waals surface area contributed by atoms with Gasteiger partial charge in [-0.05, 0) is 16.8 Å². The van der Waals surface area contributed by atoms with Crippen molar-refractivity contribution in [1.82, 2.24) is 30.1 Å². The Labute approximate surface area is 157 Å². The normalized spacial score (nSPS) is 11.6. The summed E-state index contributed by atoms with van der Waals surface area (Å²) in [5.74, 6) is 0. The van der Waals surface area contributed by atoms with Gasteiger partial charge in [-0.3, -0.25) is 4.68 Å². The number of aromatic nitrogens is 7. The number of aromatic amines is 1. The van der Waals surface area contributed by atoms with E-state index >= 15 is 0 Å². The minimum Gasteiger partial charge on any atom is -0.394 e. The molecule has 4 aromatic heterocycles. The molecule has 0 saturated heterocycles. The van der Waals surface area contributed by atoms with E-state index in [1.807, 2.05) is 10.9 Å². The summed E-state index contributed by atoms with van der Waals surface area (Å²) in [7, 11) is 0. The van der Waals surface area contributed by atoms with Crippen LogP contribution >= 0.6 is 11.3 Å². The van der Waals surface area contributed by atoms with Crippen molar-refractivity contribution < 1.29 is 9.79 Å². The summed E-state index contributed by atoms with van der Waals surface area (Å²) in [5.41, 5.74) is 4.05. The van der Waals surface area contributed by atoms with E-state index in [9.17, 15) is 0 Å². The maximum atomic E-state index is 9.04. The topological polar surface area (TPSA) is 96.4 Å². The van der Waals surface area contributed by atoms with Crippen LogP contribution in [0.25, 0.3) is 32.6 Å². The van der Waals surface area contributed by atoms with E-state index < -0.39 is 0 Å². The highest BCUT2D eigenvalue weighted by Gasteiger charge is 2.19. The number of aliphatic hydroxyl groups excluding tert-OH is 1. The lowest BCUT2D eigenvalue weighted by Crippen LogP contribution is -2.37. The summed E-state index contributed by atoms with van der Waals surface area (Å²) in [6.07, 6.45) is 5.26. The van der Waals surface area contributed by atoms with Crippen molar-refractivity contribution in [2.75, 3.05) is 6.61 Å². The molecule has 0 spiro atoms. The van der Waals surface area contributed by atoms with Crippen LogP contribution < -0.4 is 4.68 Å². The van der Waals surface area contributed by atoms with Gasteiger partial charge in [0.1, 0.15) is 6.54 Å². The lowest BCUT2D eigenvalue weighted by atomic mass is 10.2. The number of hydrogen-bond donors (Lipinski definition) is 2. The van der Waals surface area contributed by atoms with E-state index in [1.165, 1.54) is 15.6 Å². The molecular weight excluding hydrogens is 362 g/mol. The Bertz CT molecular complexity index is 1240. The Kier molecular flexibility index (Phi) is 3.88. The number of aliphatic hydroxyl groups is 1. The van der Waals surface area contributed by atoms with Crippen LogP contribution in [-0.4, -0.2) is 41.8 Å². The van der Waals surface area contributed by atoms with E-state index in [0.717, 1.165) is 11.3 Å². The zero-order valence-corrected chi connectivity index (χ0v) is 15.1. The minimum atomic E-state index is 0.0438. The van der Waals surface area contributed by atoms with E-state index in [4.69, 9.17) is 10.1 Å². The molecule has 5 aromatic rings. The third-order valence-electron chi connectivity index (χ3n) is 4.42. The molecule has 1 aromatic carbocycles. The largest absolute Gasteiger partial charge is 0.394 e. The first-order valence-electron chi connectivity index (χ1n) is 8.51. The molecule has 0 bridgehead atoms. The fraction of sp³-hybridized carbons (Fsp3) is 0.167. The predicted molar refractivity (Wildman–Crippen MR) is 101 cm³/mol. The number of benzene rings is 1.